The van der Waals surface area contributed by atoms with Crippen LogP contribution in [-0.4, -0.2) is 46.4 Å². The number of hydrazone groups is 2. The lowest BCUT2D eigenvalue weighted by molar-refractivity contribution is -0.140. The van der Waals surface area contributed by atoms with Crippen LogP contribution in [-0.2, 0) is 9.53 Å². The number of nitrogens with one attached hydrogen (secondary N) is 2. The van der Waals surface area contributed by atoms with Gasteiger partial charge in [-0.3, -0.25) is 10.9 Å². The van der Waals surface area contributed by atoms with Gasteiger partial charge < -0.3 is 14.9 Å². The number of esters is 1. The van der Waals surface area contributed by atoms with Crippen LogP contribution in [0.1, 0.15) is 0 Å². The van der Waals surface area contributed by atoms with E-state index in [1.807, 2.05) is 36.4 Å². The Labute approximate surface area is 149 Å². The highest BCUT2D eigenvalue weighted by molar-refractivity contribution is 6.69. The van der Waals surface area contributed by atoms with Crippen molar-refractivity contribution in [2.45, 2.75) is 12.2 Å². The van der Waals surface area contributed by atoms with Gasteiger partial charge in [-0.25, -0.2) is 4.79 Å². The molecule has 2 aromatic rings. The molecule has 1 fully saturated rings. The molecule has 2 aromatic carbocycles. The Balaban J connectivity index is 1.88. The summed E-state index contributed by atoms with van der Waals surface area (Å²) in [7, 11) is 0. The minimum absolute atomic E-state index is 0.0743. The fraction of sp³-hybridized carbons (Fsp3) is 0.167. The van der Waals surface area contributed by atoms with Gasteiger partial charge >= 0.3 is 5.97 Å². The van der Waals surface area contributed by atoms with Crippen LogP contribution in [0.5, 0.6) is 0 Å². The van der Waals surface area contributed by atoms with Gasteiger partial charge in [-0.2, -0.15) is 10.2 Å². The zero-order chi connectivity index (χ0) is 18.4. The van der Waals surface area contributed by atoms with Crippen LogP contribution >= 0.6 is 0 Å². The fourth-order valence-corrected chi connectivity index (χ4v) is 2.31. The van der Waals surface area contributed by atoms with Gasteiger partial charge in [0.2, 0.25) is 0 Å². The first-order chi connectivity index (χ1) is 12.7. The van der Waals surface area contributed by atoms with Crippen LogP contribution < -0.4 is 10.9 Å². The lowest BCUT2D eigenvalue weighted by Crippen LogP contribution is -2.36. The first-order valence-electron chi connectivity index (χ1n) is 7.96. The Bertz CT molecular complexity index is 808. The molecule has 1 aliphatic rings. The molecule has 2 unspecified atom stereocenters. The molecule has 3 rings (SSSR count). The van der Waals surface area contributed by atoms with Crippen LogP contribution in [0.3, 0.4) is 0 Å². The van der Waals surface area contributed by atoms with Crippen molar-refractivity contribution in [3.63, 3.8) is 0 Å². The SMILES string of the molecule is O=C1OC(C(O)CO)C(=N/Nc2ccccc2)/C1=N/Nc1ccccc1. The number of ether oxygens (including phenoxy) is 1. The van der Waals surface area contributed by atoms with E-state index in [1.54, 1.807) is 24.3 Å². The number of para-hydroxylation sites is 2. The van der Waals surface area contributed by atoms with Crippen molar-refractivity contribution in [1.82, 2.24) is 0 Å². The van der Waals surface area contributed by atoms with E-state index in [0.717, 1.165) is 0 Å². The number of aliphatic hydroxyl groups excluding tert-OH is 2. The molecule has 8 nitrogen and oxygen atoms in total. The molecule has 1 saturated heterocycles. The first-order valence-corrected chi connectivity index (χ1v) is 7.96. The van der Waals surface area contributed by atoms with E-state index in [1.165, 1.54) is 0 Å². The second-order valence-electron chi connectivity index (χ2n) is 5.49. The van der Waals surface area contributed by atoms with Gasteiger partial charge in [0, 0.05) is 0 Å². The first kappa shape index (κ1) is 17.6. The monoisotopic (exact) mass is 354 g/mol. The number of carbonyl (C=O) groups is 1. The molecule has 26 heavy (non-hydrogen) atoms. The van der Waals surface area contributed by atoms with Crippen LogP contribution in [0, 0.1) is 0 Å². The van der Waals surface area contributed by atoms with Crippen molar-refractivity contribution in [2.24, 2.45) is 10.2 Å². The zero-order valence-electron chi connectivity index (χ0n) is 13.7. The number of hydrogen-bond donors (Lipinski definition) is 4. The molecular formula is C18H18N4O4. The van der Waals surface area contributed by atoms with Crippen LogP contribution in [0.25, 0.3) is 0 Å². The number of hydrogen-bond acceptors (Lipinski definition) is 8. The van der Waals surface area contributed by atoms with E-state index in [4.69, 9.17) is 4.74 Å². The summed E-state index contributed by atoms with van der Waals surface area (Å²) in [6.07, 6.45) is -2.42. The molecule has 0 saturated carbocycles. The molecule has 0 spiro atoms. The minimum Gasteiger partial charge on any atom is -0.448 e. The fourth-order valence-electron chi connectivity index (χ4n) is 2.31. The highest BCUT2D eigenvalue weighted by Gasteiger charge is 2.42. The number of cyclic esters (lactones) is 1. The summed E-state index contributed by atoms with van der Waals surface area (Å²) < 4.78 is 5.13. The van der Waals surface area contributed by atoms with E-state index >= 15 is 0 Å². The third kappa shape index (κ3) is 4.05. The molecule has 0 amide bonds. The molecule has 8 heteroatoms. The van der Waals surface area contributed by atoms with Crippen molar-refractivity contribution in [3.8, 4) is 0 Å². The Kier molecular flexibility index (Phi) is 5.57. The molecule has 0 radical (unpaired) electrons. The van der Waals surface area contributed by atoms with Gasteiger partial charge in [-0.15, -0.1) is 0 Å². The number of anilines is 2. The second kappa shape index (κ2) is 8.24. The van der Waals surface area contributed by atoms with E-state index in [9.17, 15) is 15.0 Å². The normalized spacial score (nSPS) is 20.8. The third-order valence-electron chi connectivity index (χ3n) is 3.63. The molecule has 134 valence electrons. The van der Waals surface area contributed by atoms with Gasteiger partial charge in [-0.05, 0) is 24.3 Å². The summed E-state index contributed by atoms with van der Waals surface area (Å²) in [4.78, 5) is 12.2. The van der Waals surface area contributed by atoms with E-state index in [-0.39, 0.29) is 11.4 Å². The van der Waals surface area contributed by atoms with Crippen LogP contribution in [0.2, 0.25) is 0 Å². The van der Waals surface area contributed by atoms with Crippen LogP contribution in [0.15, 0.2) is 70.9 Å². The highest BCUT2D eigenvalue weighted by Crippen LogP contribution is 2.16. The van der Waals surface area contributed by atoms with Crippen LogP contribution in [0.4, 0.5) is 11.4 Å². The van der Waals surface area contributed by atoms with E-state index < -0.39 is 24.8 Å². The highest BCUT2D eigenvalue weighted by atomic mass is 16.6. The molecule has 4 N–H and O–H groups in total. The van der Waals surface area contributed by atoms with Crippen molar-refractivity contribution in [3.05, 3.63) is 60.7 Å². The molecule has 2 atom stereocenters. The number of rotatable bonds is 6. The van der Waals surface area contributed by atoms with Gasteiger partial charge in [-0.1, -0.05) is 36.4 Å². The molecule has 0 bridgehead atoms. The van der Waals surface area contributed by atoms with E-state index in [2.05, 4.69) is 21.1 Å². The van der Waals surface area contributed by atoms with E-state index in [0.29, 0.717) is 11.4 Å². The standard InChI is InChI=1S/C18H18N4O4/c23-11-14(24)17-15(21-19-12-7-3-1-4-8-12)16(18(25)26-17)22-20-13-9-5-2-6-10-13/h1-10,14,17,19-20,23-24H,11H2/b21-15+,22-16-. The predicted molar refractivity (Wildman–Crippen MR) is 98.0 cm³/mol. The van der Waals surface area contributed by atoms with Crippen molar-refractivity contribution < 1.29 is 19.7 Å². The lowest BCUT2D eigenvalue weighted by atomic mass is 10.1. The average molecular weight is 354 g/mol. The lowest BCUT2D eigenvalue weighted by Gasteiger charge is -2.14. The van der Waals surface area contributed by atoms with Gasteiger partial charge in [0.25, 0.3) is 0 Å². The van der Waals surface area contributed by atoms with Crippen molar-refractivity contribution in [2.75, 3.05) is 17.5 Å². The Hall–Kier alpha value is -3.23. The summed E-state index contributed by atoms with van der Waals surface area (Å²) >= 11 is 0. The summed E-state index contributed by atoms with van der Waals surface area (Å²) in [5.41, 5.74) is 6.94. The Morgan fingerprint density at radius 3 is 2.04 bits per heavy atom. The second-order valence-corrected chi connectivity index (χ2v) is 5.49. The third-order valence-corrected chi connectivity index (χ3v) is 3.63. The smallest absolute Gasteiger partial charge is 0.361 e. The maximum atomic E-state index is 12.2. The summed E-state index contributed by atoms with van der Waals surface area (Å²) in [6, 6.07) is 18.1. The topological polar surface area (TPSA) is 116 Å². The molecule has 0 aromatic heterocycles. The van der Waals surface area contributed by atoms with Gasteiger partial charge in [0.15, 0.2) is 11.8 Å². The number of aliphatic hydroxyl groups is 2. The Morgan fingerprint density at radius 2 is 1.50 bits per heavy atom. The maximum absolute atomic E-state index is 12.2. The molecule has 1 heterocycles. The largest absolute Gasteiger partial charge is 0.448 e. The summed E-state index contributed by atoms with van der Waals surface area (Å²) in [5, 5.41) is 27.4. The van der Waals surface area contributed by atoms with Gasteiger partial charge in [0.1, 0.15) is 11.8 Å². The molecule has 0 aliphatic carbocycles. The van der Waals surface area contributed by atoms with Gasteiger partial charge in [0.05, 0.1) is 18.0 Å². The summed E-state index contributed by atoms with van der Waals surface area (Å²) in [5.74, 6) is -0.737. The Morgan fingerprint density at radius 1 is 0.962 bits per heavy atom. The molecular weight excluding hydrogens is 336 g/mol. The molecule has 1 aliphatic heterocycles. The number of nitrogens with zero attached hydrogens (tertiary/aromatic N) is 2. The number of benzene rings is 2. The minimum atomic E-state index is -1.31. The zero-order valence-corrected chi connectivity index (χ0v) is 13.7. The number of carbonyl (C=O) groups excluding carboxylic acids is 1. The summed E-state index contributed by atoms with van der Waals surface area (Å²) in [6.45, 7) is -0.582. The average Bonchev–Trinajstić information content (AvgIpc) is 3.01. The maximum Gasteiger partial charge on any atom is 0.361 e. The van der Waals surface area contributed by atoms with Crippen molar-refractivity contribution in [1.29, 1.82) is 0 Å². The van der Waals surface area contributed by atoms with Crippen molar-refractivity contribution >= 4 is 28.8 Å². The quantitative estimate of drug-likeness (QED) is 0.458. The predicted octanol–water partition coefficient (Wildman–Crippen LogP) is 1.20.